The van der Waals surface area contributed by atoms with Crippen LogP contribution in [0, 0.1) is 20.8 Å². The van der Waals surface area contributed by atoms with E-state index in [1.165, 1.54) is 27.1 Å². The van der Waals surface area contributed by atoms with Crippen molar-refractivity contribution in [2.45, 2.75) is 52.1 Å². The van der Waals surface area contributed by atoms with Gasteiger partial charge in [-0.2, -0.15) is 0 Å². The lowest BCUT2D eigenvalue weighted by molar-refractivity contribution is -0.145. The van der Waals surface area contributed by atoms with Crippen LogP contribution in [0.15, 0.2) is 29.6 Å². The molecule has 1 aromatic heterocycles. The second-order valence-electron chi connectivity index (χ2n) is 6.88. The van der Waals surface area contributed by atoms with Crippen LogP contribution in [0.3, 0.4) is 0 Å². The van der Waals surface area contributed by atoms with Crippen molar-refractivity contribution in [3.63, 3.8) is 0 Å². The molecule has 0 radical (unpaired) electrons. The Morgan fingerprint density at radius 2 is 2.00 bits per heavy atom. The fourth-order valence-corrected chi connectivity index (χ4v) is 4.71. The molecular formula is C20H25NO2S. The standard InChI is InChI=1S/C20H25NO2S/c1-13-7-8-15(3)16(10-13)19(18-11-14(2)12-24-18)21-9-5-4-6-17(21)20(22)23/h7-8,10-12,17,19H,4-6,9H2,1-3H3,(H,22,23). The molecule has 4 heteroatoms. The number of likely N-dealkylation sites (tertiary alicyclic amines) is 1. The molecule has 0 spiro atoms. The summed E-state index contributed by atoms with van der Waals surface area (Å²) in [5, 5.41) is 11.9. The van der Waals surface area contributed by atoms with E-state index in [1.807, 2.05) is 0 Å². The number of hydrogen-bond donors (Lipinski definition) is 1. The summed E-state index contributed by atoms with van der Waals surface area (Å²) in [6, 6.07) is 8.35. The average molecular weight is 343 g/mol. The number of aliphatic carboxylic acids is 1. The third kappa shape index (κ3) is 3.40. The number of carboxylic acids is 1. The highest BCUT2D eigenvalue weighted by Crippen LogP contribution is 2.38. The van der Waals surface area contributed by atoms with Crippen LogP contribution in [0.5, 0.6) is 0 Å². The average Bonchev–Trinajstić information content (AvgIpc) is 2.97. The first kappa shape index (κ1) is 17.2. The highest BCUT2D eigenvalue weighted by molar-refractivity contribution is 7.10. The van der Waals surface area contributed by atoms with Crippen molar-refractivity contribution in [3.05, 3.63) is 56.8 Å². The van der Waals surface area contributed by atoms with Crippen molar-refractivity contribution in [1.82, 2.24) is 4.90 Å². The van der Waals surface area contributed by atoms with Crippen LogP contribution in [-0.2, 0) is 4.79 Å². The number of aryl methyl sites for hydroxylation is 3. The van der Waals surface area contributed by atoms with Gasteiger partial charge in [0.2, 0.25) is 0 Å². The lowest BCUT2D eigenvalue weighted by Gasteiger charge is -2.39. The number of rotatable bonds is 4. The van der Waals surface area contributed by atoms with Crippen LogP contribution >= 0.6 is 11.3 Å². The van der Waals surface area contributed by atoms with Gasteiger partial charge in [-0.25, -0.2) is 0 Å². The summed E-state index contributed by atoms with van der Waals surface area (Å²) < 4.78 is 0. The third-order valence-corrected chi connectivity index (χ3v) is 6.01. The summed E-state index contributed by atoms with van der Waals surface area (Å²) in [6.45, 7) is 7.17. The molecule has 1 saturated heterocycles. The van der Waals surface area contributed by atoms with Gasteiger partial charge in [0.15, 0.2) is 0 Å². The zero-order valence-corrected chi connectivity index (χ0v) is 15.4. The second-order valence-corrected chi connectivity index (χ2v) is 7.82. The number of benzene rings is 1. The molecule has 3 nitrogen and oxygen atoms in total. The molecule has 3 rings (SSSR count). The smallest absolute Gasteiger partial charge is 0.320 e. The number of carboxylic acid groups (broad SMARTS) is 1. The minimum Gasteiger partial charge on any atom is -0.480 e. The van der Waals surface area contributed by atoms with Crippen LogP contribution < -0.4 is 0 Å². The van der Waals surface area contributed by atoms with Crippen LogP contribution in [-0.4, -0.2) is 28.6 Å². The van der Waals surface area contributed by atoms with E-state index in [0.29, 0.717) is 0 Å². The maximum Gasteiger partial charge on any atom is 0.320 e. The van der Waals surface area contributed by atoms with Crippen molar-refractivity contribution < 1.29 is 9.90 Å². The van der Waals surface area contributed by atoms with E-state index in [2.05, 4.69) is 55.3 Å². The molecule has 2 heterocycles. The third-order valence-electron chi connectivity index (χ3n) is 4.91. The van der Waals surface area contributed by atoms with Gasteiger partial charge >= 0.3 is 5.97 Å². The highest BCUT2D eigenvalue weighted by Gasteiger charge is 2.36. The van der Waals surface area contributed by atoms with Gasteiger partial charge in [-0.1, -0.05) is 30.2 Å². The van der Waals surface area contributed by atoms with Gasteiger partial charge in [0.05, 0.1) is 6.04 Å². The molecular weight excluding hydrogens is 318 g/mol. The first-order valence-electron chi connectivity index (χ1n) is 8.58. The van der Waals surface area contributed by atoms with Gasteiger partial charge in [0.1, 0.15) is 6.04 Å². The van der Waals surface area contributed by atoms with Gasteiger partial charge in [-0.3, -0.25) is 9.69 Å². The Morgan fingerprint density at radius 1 is 1.21 bits per heavy atom. The van der Waals surface area contributed by atoms with Crippen LogP contribution in [0.1, 0.15) is 52.4 Å². The summed E-state index contributed by atoms with van der Waals surface area (Å²) in [6.07, 6.45) is 2.80. The number of piperidine rings is 1. The quantitative estimate of drug-likeness (QED) is 0.874. The van der Waals surface area contributed by atoms with Crippen molar-refractivity contribution in [2.75, 3.05) is 6.54 Å². The van der Waals surface area contributed by atoms with Crippen LogP contribution in [0.4, 0.5) is 0 Å². The molecule has 1 fully saturated rings. The Kier molecular flexibility index (Phi) is 5.07. The van der Waals surface area contributed by atoms with Gasteiger partial charge in [0, 0.05) is 4.88 Å². The topological polar surface area (TPSA) is 40.5 Å². The minimum atomic E-state index is -0.696. The fourth-order valence-electron chi connectivity index (χ4n) is 3.67. The fraction of sp³-hybridized carbons (Fsp3) is 0.450. The van der Waals surface area contributed by atoms with Crippen LogP contribution in [0.2, 0.25) is 0 Å². The summed E-state index contributed by atoms with van der Waals surface area (Å²) in [4.78, 5) is 15.3. The molecule has 1 aromatic carbocycles. The van der Waals surface area contributed by atoms with Gasteiger partial charge in [-0.15, -0.1) is 11.3 Å². The minimum absolute atomic E-state index is 0.0324. The first-order valence-corrected chi connectivity index (χ1v) is 9.46. The number of nitrogens with zero attached hydrogens (tertiary/aromatic N) is 1. The summed E-state index contributed by atoms with van der Waals surface area (Å²) in [7, 11) is 0. The Hall–Kier alpha value is -1.65. The maximum absolute atomic E-state index is 11.9. The Morgan fingerprint density at radius 3 is 2.67 bits per heavy atom. The monoisotopic (exact) mass is 343 g/mol. The molecule has 2 unspecified atom stereocenters. The molecule has 0 saturated carbocycles. The second kappa shape index (κ2) is 7.08. The predicted octanol–water partition coefficient (Wildman–Crippen LogP) is 4.70. The van der Waals surface area contributed by atoms with Crippen molar-refractivity contribution in [3.8, 4) is 0 Å². The zero-order valence-electron chi connectivity index (χ0n) is 14.6. The van der Waals surface area contributed by atoms with Crippen molar-refractivity contribution in [2.24, 2.45) is 0 Å². The normalized spacial score (nSPS) is 20.0. The summed E-state index contributed by atoms with van der Waals surface area (Å²) in [5.74, 6) is -0.696. The first-order chi connectivity index (χ1) is 11.5. The predicted molar refractivity (Wildman–Crippen MR) is 98.8 cm³/mol. The largest absolute Gasteiger partial charge is 0.480 e. The molecule has 2 atom stereocenters. The summed E-state index contributed by atoms with van der Waals surface area (Å²) in [5.41, 5.74) is 4.93. The Labute approximate surface area is 147 Å². The Bertz CT molecular complexity index is 737. The lowest BCUT2D eigenvalue weighted by Crippen LogP contribution is -2.46. The van der Waals surface area contributed by atoms with Gasteiger partial charge < -0.3 is 5.11 Å². The number of hydrogen-bond acceptors (Lipinski definition) is 3. The van der Waals surface area contributed by atoms with Crippen molar-refractivity contribution in [1.29, 1.82) is 0 Å². The van der Waals surface area contributed by atoms with E-state index in [-0.39, 0.29) is 6.04 Å². The van der Waals surface area contributed by atoms with Crippen LogP contribution in [0.25, 0.3) is 0 Å². The van der Waals surface area contributed by atoms with E-state index in [0.717, 1.165) is 25.8 Å². The SMILES string of the molecule is Cc1csc(C(c2cc(C)ccc2C)N2CCCCC2C(=O)O)c1. The van der Waals surface area contributed by atoms with E-state index < -0.39 is 12.0 Å². The molecule has 0 bridgehead atoms. The van der Waals surface area contributed by atoms with Gasteiger partial charge in [0.25, 0.3) is 0 Å². The van der Waals surface area contributed by atoms with E-state index >= 15 is 0 Å². The number of carbonyl (C=O) groups is 1. The number of thiophene rings is 1. The van der Waals surface area contributed by atoms with Gasteiger partial charge in [-0.05, 0) is 68.3 Å². The molecule has 24 heavy (non-hydrogen) atoms. The Balaban J connectivity index is 2.11. The molecule has 1 aliphatic heterocycles. The zero-order chi connectivity index (χ0) is 17.3. The lowest BCUT2D eigenvalue weighted by atomic mass is 9.92. The highest BCUT2D eigenvalue weighted by atomic mass is 32.1. The molecule has 0 aliphatic carbocycles. The molecule has 128 valence electrons. The van der Waals surface area contributed by atoms with Crippen molar-refractivity contribution >= 4 is 17.3 Å². The van der Waals surface area contributed by atoms with E-state index in [1.54, 1.807) is 11.3 Å². The van der Waals surface area contributed by atoms with E-state index in [4.69, 9.17) is 0 Å². The molecule has 2 aromatic rings. The molecule has 0 amide bonds. The molecule has 1 aliphatic rings. The summed E-state index contributed by atoms with van der Waals surface area (Å²) >= 11 is 1.74. The molecule has 1 N–H and O–H groups in total. The maximum atomic E-state index is 11.9. The van der Waals surface area contributed by atoms with E-state index in [9.17, 15) is 9.90 Å².